The van der Waals surface area contributed by atoms with Crippen LogP contribution in [-0.2, 0) is 14.3 Å². The van der Waals surface area contributed by atoms with E-state index in [0.717, 1.165) is 12.0 Å². The first-order chi connectivity index (χ1) is 10.1. The van der Waals surface area contributed by atoms with Crippen molar-refractivity contribution >= 4 is 12.1 Å². The van der Waals surface area contributed by atoms with Gasteiger partial charge in [-0.25, -0.2) is 5.43 Å². The molecule has 0 aromatic heterocycles. The standard InChI is InChI=1S/C15H17N3O3/c1-15(20-7-2-8-21-15)9-14(19)18-17-11-13-5-3-12(10-16)4-6-13/h3-6,11H,2,7-9H2,1H3,(H,18,19). The molecule has 0 saturated carbocycles. The van der Waals surface area contributed by atoms with Gasteiger partial charge in [0.05, 0.1) is 37.5 Å². The summed E-state index contributed by atoms with van der Waals surface area (Å²) in [6.45, 7) is 2.94. The Morgan fingerprint density at radius 2 is 2.10 bits per heavy atom. The van der Waals surface area contributed by atoms with E-state index in [2.05, 4.69) is 10.5 Å². The van der Waals surface area contributed by atoms with Crippen LogP contribution in [0.4, 0.5) is 0 Å². The van der Waals surface area contributed by atoms with E-state index in [-0.39, 0.29) is 12.3 Å². The second-order valence-electron chi connectivity index (χ2n) is 4.89. The lowest BCUT2D eigenvalue weighted by molar-refractivity contribution is -0.256. The highest BCUT2D eigenvalue weighted by molar-refractivity contribution is 5.82. The van der Waals surface area contributed by atoms with Crippen LogP contribution in [0.25, 0.3) is 0 Å². The Morgan fingerprint density at radius 3 is 2.71 bits per heavy atom. The molecule has 1 N–H and O–H groups in total. The third-order valence-electron chi connectivity index (χ3n) is 3.03. The van der Waals surface area contributed by atoms with Gasteiger partial charge < -0.3 is 9.47 Å². The Hall–Kier alpha value is -2.23. The van der Waals surface area contributed by atoms with Crippen LogP contribution in [-0.4, -0.2) is 31.1 Å². The summed E-state index contributed by atoms with van der Waals surface area (Å²) < 4.78 is 10.9. The van der Waals surface area contributed by atoms with Crippen molar-refractivity contribution in [2.45, 2.75) is 25.6 Å². The van der Waals surface area contributed by atoms with Crippen molar-refractivity contribution in [3.63, 3.8) is 0 Å². The summed E-state index contributed by atoms with van der Waals surface area (Å²) in [6, 6.07) is 8.92. The van der Waals surface area contributed by atoms with Gasteiger partial charge in [0, 0.05) is 0 Å². The number of carbonyl (C=O) groups excluding carboxylic acids is 1. The maximum absolute atomic E-state index is 11.8. The fourth-order valence-electron chi connectivity index (χ4n) is 1.93. The Kier molecular flexibility index (Phi) is 5.04. The fourth-order valence-corrected chi connectivity index (χ4v) is 1.93. The summed E-state index contributed by atoms with van der Waals surface area (Å²) in [4.78, 5) is 11.8. The van der Waals surface area contributed by atoms with Gasteiger partial charge in [-0.15, -0.1) is 0 Å². The van der Waals surface area contributed by atoms with E-state index >= 15 is 0 Å². The van der Waals surface area contributed by atoms with Crippen LogP contribution in [0, 0.1) is 11.3 Å². The number of benzene rings is 1. The molecule has 110 valence electrons. The highest BCUT2D eigenvalue weighted by Gasteiger charge is 2.31. The molecule has 0 bridgehead atoms. The third-order valence-corrected chi connectivity index (χ3v) is 3.03. The van der Waals surface area contributed by atoms with Gasteiger partial charge in [-0.05, 0) is 31.0 Å². The van der Waals surface area contributed by atoms with Crippen LogP contribution < -0.4 is 5.43 Å². The van der Waals surface area contributed by atoms with E-state index in [0.29, 0.717) is 18.8 Å². The first-order valence-electron chi connectivity index (χ1n) is 6.71. The average Bonchev–Trinajstić information content (AvgIpc) is 2.48. The normalized spacial score (nSPS) is 17.3. The number of ether oxygens (including phenoxy) is 2. The molecule has 21 heavy (non-hydrogen) atoms. The number of rotatable bonds is 4. The lowest BCUT2D eigenvalue weighted by Gasteiger charge is -2.33. The molecule has 1 heterocycles. The molecule has 1 saturated heterocycles. The Morgan fingerprint density at radius 1 is 1.43 bits per heavy atom. The van der Waals surface area contributed by atoms with Crippen molar-refractivity contribution in [2.75, 3.05) is 13.2 Å². The van der Waals surface area contributed by atoms with E-state index in [1.54, 1.807) is 31.2 Å². The predicted molar refractivity (Wildman–Crippen MR) is 76.4 cm³/mol. The predicted octanol–water partition coefficient (Wildman–Crippen LogP) is 1.55. The van der Waals surface area contributed by atoms with Gasteiger partial charge in [0.15, 0.2) is 5.79 Å². The van der Waals surface area contributed by atoms with E-state index in [4.69, 9.17) is 14.7 Å². The number of amides is 1. The topological polar surface area (TPSA) is 83.7 Å². The van der Waals surface area contributed by atoms with Crippen LogP contribution in [0.3, 0.4) is 0 Å². The first kappa shape index (κ1) is 15.2. The minimum Gasteiger partial charge on any atom is -0.350 e. The molecule has 1 aromatic carbocycles. The molecule has 0 spiro atoms. The maximum Gasteiger partial charge on any atom is 0.245 e. The summed E-state index contributed by atoms with van der Waals surface area (Å²) >= 11 is 0. The van der Waals surface area contributed by atoms with Gasteiger partial charge in [0.25, 0.3) is 0 Å². The Bertz CT molecular complexity index is 555. The van der Waals surface area contributed by atoms with Crippen molar-refractivity contribution in [3.8, 4) is 6.07 Å². The molecular weight excluding hydrogens is 270 g/mol. The van der Waals surface area contributed by atoms with Crippen molar-refractivity contribution in [1.29, 1.82) is 5.26 Å². The van der Waals surface area contributed by atoms with E-state index in [1.807, 2.05) is 6.07 Å². The summed E-state index contributed by atoms with van der Waals surface area (Å²) in [6.07, 6.45) is 2.45. The van der Waals surface area contributed by atoms with Crippen molar-refractivity contribution in [3.05, 3.63) is 35.4 Å². The Balaban J connectivity index is 1.82. The van der Waals surface area contributed by atoms with Gasteiger partial charge in [0.2, 0.25) is 5.91 Å². The number of nitrogens with zero attached hydrogens (tertiary/aromatic N) is 2. The first-order valence-corrected chi connectivity index (χ1v) is 6.71. The average molecular weight is 287 g/mol. The summed E-state index contributed by atoms with van der Waals surface area (Å²) in [5, 5.41) is 12.6. The summed E-state index contributed by atoms with van der Waals surface area (Å²) in [5.74, 6) is -1.14. The smallest absolute Gasteiger partial charge is 0.245 e. The molecule has 0 radical (unpaired) electrons. The van der Waals surface area contributed by atoms with E-state index in [1.165, 1.54) is 6.21 Å². The zero-order chi connectivity index (χ0) is 15.1. The minimum absolute atomic E-state index is 0.0950. The van der Waals surface area contributed by atoms with Crippen LogP contribution >= 0.6 is 0 Å². The van der Waals surface area contributed by atoms with Gasteiger partial charge in [-0.2, -0.15) is 10.4 Å². The number of nitriles is 1. The molecule has 6 nitrogen and oxygen atoms in total. The molecule has 0 unspecified atom stereocenters. The second-order valence-corrected chi connectivity index (χ2v) is 4.89. The molecule has 0 aliphatic carbocycles. The van der Waals surface area contributed by atoms with Crippen molar-refractivity contribution < 1.29 is 14.3 Å². The molecule has 0 atom stereocenters. The van der Waals surface area contributed by atoms with Gasteiger partial charge in [-0.1, -0.05) is 12.1 Å². The quantitative estimate of drug-likeness (QED) is 0.672. The van der Waals surface area contributed by atoms with Gasteiger partial charge in [0.1, 0.15) is 0 Å². The lowest BCUT2D eigenvalue weighted by atomic mass is 10.2. The zero-order valence-electron chi connectivity index (χ0n) is 11.8. The lowest BCUT2D eigenvalue weighted by Crippen LogP contribution is -2.41. The SMILES string of the molecule is CC1(CC(=O)NN=Cc2ccc(C#N)cc2)OCCCO1. The highest BCUT2D eigenvalue weighted by atomic mass is 16.7. The van der Waals surface area contributed by atoms with Crippen LogP contribution in [0.15, 0.2) is 29.4 Å². The molecule has 1 aliphatic heterocycles. The number of hydrogen-bond donors (Lipinski definition) is 1. The highest BCUT2D eigenvalue weighted by Crippen LogP contribution is 2.21. The second kappa shape index (κ2) is 6.97. The summed E-state index contributed by atoms with van der Waals surface area (Å²) in [7, 11) is 0. The molecule has 1 aliphatic rings. The Labute approximate surface area is 123 Å². The molecule has 1 aromatic rings. The molecule has 2 rings (SSSR count). The molecule has 1 fully saturated rings. The number of carbonyl (C=O) groups is 1. The van der Waals surface area contributed by atoms with Crippen LogP contribution in [0.2, 0.25) is 0 Å². The zero-order valence-corrected chi connectivity index (χ0v) is 11.8. The number of nitrogens with one attached hydrogen (secondary N) is 1. The van der Waals surface area contributed by atoms with E-state index in [9.17, 15) is 4.79 Å². The van der Waals surface area contributed by atoms with Crippen molar-refractivity contribution in [1.82, 2.24) is 5.43 Å². The molecule has 1 amide bonds. The van der Waals surface area contributed by atoms with Gasteiger partial charge >= 0.3 is 0 Å². The van der Waals surface area contributed by atoms with Crippen molar-refractivity contribution in [2.24, 2.45) is 5.10 Å². The molecule has 6 heteroatoms. The van der Waals surface area contributed by atoms with Crippen LogP contribution in [0.5, 0.6) is 0 Å². The fraction of sp³-hybridized carbons (Fsp3) is 0.400. The largest absolute Gasteiger partial charge is 0.350 e. The van der Waals surface area contributed by atoms with Gasteiger partial charge in [-0.3, -0.25) is 4.79 Å². The third kappa shape index (κ3) is 4.67. The maximum atomic E-state index is 11.8. The van der Waals surface area contributed by atoms with E-state index < -0.39 is 5.79 Å². The number of hydrogen-bond acceptors (Lipinski definition) is 5. The monoisotopic (exact) mass is 287 g/mol. The molecular formula is C15H17N3O3. The summed E-state index contributed by atoms with van der Waals surface area (Å²) in [5.41, 5.74) is 3.81. The number of hydrazone groups is 1. The van der Waals surface area contributed by atoms with Crippen LogP contribution in [0.1, 0.15) is 30.9 Å². The minimum atomic E-state index is -0.869.